The molecule has 0 aliphatic heterocycles. The fourth-order valence-corrected chi connectivity index (χ4v) is 3.63. The van der Waals surface area contributed by atoms with Crippen molar-refractivity contribution in [3.05, 3.63) is 24.3 Å². The smallest absolute Gasteiger partial charge is 0.257 e. The second-order valence-electron chi connectivity index (χ2n) is 5.59. The molecule has 0 aromatic heterocycles. The number of amides is 1. The summed E-state index contributed by atoms with van der Waals surface area (Å²) >= 11 is 1.88. The van der Waals surface area contributed by atoms with E-state index in [4.69, 9.17) is 10.5 Å². The molecule has 21 heavy (non-hydrogen) atoms. The van der Waals surface area contributed by atoms with Crippen molar-refractivity contribution in [3.63, 3.8) is 0 Å². The van der Waals surface area contributed by atoms with Crippen LogP contribution in [0, 0.1) is 0 Å². The van der Waals surface area contributed by atoms with Gasteiger partial charge in [0, 0.05) is 23.0 Å². The molecule has 1 aromatic carbocycles. The number of hydrogen-bond acceptors (Lipinski definition) is 4. The Kier molecular flexibility index (Phi) is 5.79. The van der Waals surface area contributed by atoms with Crippen LogP contribution in [0.5, 0.6) is 5.75 Å². The molecule has 0 radical (unpaired) electrons. The first-order valence-corrected chi connectivity index (χ1v) is 8.66. The normalized spacial score (nSPS) is 17.2. The molecular weight excluding hydrogens is 284 g/mol. The zero-order valence-electron chi connectivity index (χ0n) is 12.6. The zero-order valence-corrected chi connectivity index (χ0v) is 13.4. The summed E-state index contributed by atoms with van der Waals surface area (Å²) in [6, 6.07) is 7.12. The number of ether oxygens (including phenoxy) is 1. The lowest BCUT2D eigenvalue weighted by Crippen LogP contribution is -2.43. The van der Waals surface area contributed by atoms with Gasteiger partial charge in [0.1, 0.15) is 5.75 Å². The van der Waals surface area contributed by atoms with E-state index in [9.17, 15) is 4.79 Å². The number of carbonyl (C=O) groups excluding carboxylic acids is 1. The number of nitrogens with one attached hydrogen (secondary N) is 1. The first-order valence-electron chi connectivity index (χ1n) is 7.44. The Morgan fingerprint density at radius 3 is 2.81 bits per heavy atom. The summed E-state index contributed by atoms with van der Waals surface area (Å²) < 4.78 is 5.67. The minimum atomic E-state index is -0.0728. The lowest BCUT2D eigenvalue weighted by molar-refractivity contribution is -0.123. The molecule has 1 aliphatic carbocycles. The van der Waals surface area contributed by atoms with Gasteiger partial charge >= 0.3 is 0 Å². The number of anilines is 1. The van der Waals surface area contributed by atoms with Crippen molar-refractivity contribution in [2.45, 2.75) is 36.9 Å². The quantitative estimate of drug-likeness (QED) is 0.793. The van der Waals surface area contributed by atoms with E-state index < -0.39 is 0 Å². The Labute approximate surface area is 130 Å². The molecule has 0 saturated heterocycles. The fourth-order valence-electron chi connectivity index (χ4n) is 2.71. The highest BCUT2D eigenvalue weighted by molar-refractivity contribution is 8.00. The molecule has 0 bridgehead atoms. The highest BCUT2D eigenvalue weighted by atomic mass is 32.2. The minimum absolute atomic E-state index is 0.0356. The van der Waals surface area contributed by atoms with Gasteiger partial charge in [0.2, 0.25) is 0 Å². The Morgan fingerprint density at radius 1 is 1.38 bits per heavy atom. The van der Waals surface area contributed by atoms with E-state index >= 15 is 0 Å². The Balaban J connectivity index is 1.76. The summed E-state index contributed by atoms with van der Waals surface area (Å²) in [5, 5.41) is 3.01. The van der Waals surface area contributed by atoms with Gasteiger partial charge in [0.05, 0.1) is 0 Å². The molecule has 0 unspecified atom stereocenters. The predicted molar refractivity (Wildman–Crippen MR) is 88.7 cm³/mol. The molecule has 1 aromatic rings. The number of nitrogen functional groups attached to an aromatic ring is 1. The second-order valence-corrected chi connectivity index (χ2v) is 6.86. The van der Waals surface area contributed by atoms with Crippen LogP contribution in [0.15, 0.2) is 24.3 Å². The number of hydrogen-bond donors (Lipinski definition) is 2. The van der Waals surface area contributed by atoms with Crippen molar-refractivity contribution in [1.82, 2.24) is 5.32 Å². The lowest BCUT2D eigenvalue weighted by Gasteiger charge is -2.35. The first-order chi connectivity index (χ1) is 10.1. The van der Waals surface area contributed by atoms with Crippen molar-refractivity contribution < 1.29 is 9.53 Å². The van der Waals surface area contributed by atoms with Gasteiger partial charge in [-0.15, -0.1) is 0 Å². The summed E-state index contributed by atoms with van der Waals surface area (Å²) in [4.78, 5) is 11.9. The second kappa shape index (κ2) is 7.59. The van der Waals surface area contributed by atoms with E-state index in [1.807, 2.05) is 17.8 Å². The average Bonchev–Trinajstić information content (AvgIpc) is 2.52. The maximum absolute atomic E-state index is 11.9. The highest BCUT2D eigenvalue weighted by Gasteiger charge is 2.31. The molecule has 1 amide bonds. The van der Waals surface area contributed by atoms with Gasteiger partial charge in [-0.2, -0.15) is 11.8 Å². The van der Waals surface area contributed by atoms with Crippen molar-refractivity contribution >= 4 is 23.4 Å². The number of benzene rings is 1. The lowest BCUT2D eigenvalue weighted by atomic mass is 9.88. The minimum Gasteiger partial charge on any atom is -0.484 e. The van der Waals surface area contributed by atoms with E-state index in [2.05, 4.69) is 11.6 Å². The van der Waals surface area contributed by atoms with Crippen LogP contribution in [-0.2, 0) is 4.79 Å². The van der Waals surface area contributed by atoms with Crippen LogP contribution in [-0.4, -0.2) is 30.1 Å². The van der Waals surface area contributed by atoms with E-state index in [0.29, 0.717) is 11.4 Å². The van der Waals surface area contributed by atoms with Gasteiger partial charge in [-0.25, -0.2) is 0 Å². The molecule has 3 N–H and O–H groups in total. The summed E-state index contributed by atoms with van der Waals surface area (Å²) in [7, 11) is 0. The van der Waals surface area contributed by atoms with Gasteiger partial charge in [-0.3, -0.25) is 4.79 Å². The third-order valence-electron chi connectivity index (χ3n) is 4.03. The SMILES string of the molecule is CSC1(CNC(=O)COc2cccc(N)c2)CCCCC1. The Morgan fingerprint density at radius 2 is 2.14 bits per heavy atom. The molecule has 116 valence electrons. The number of rotatable bonds is 6. The van der Waals surface area contributed by atoms with Crippen molar-refractivity contribution in [3.8, 4) is 5.75 Å². The van der Waals surface area contributed by atoms with Crippen LogP contribution in [0.25, 0.3) is 0 Å². The summed E-state index contributed by atoms with van der Waals surface area (Å²) in [5.74, 6) is 0.554. The first kappa shape index (κ1) is 16.0. The van der Waals surface area contributed by atoms with Gasteiger partial charge in [0.25, 0.3) is 5.91 Å². The standard InChI is InChI=1S/C16H24N2O2S/c1-21-16(8-3-2-4-9-16)12-18-15(19)11-20-14-7-5-6-13(17)10-14/h5-7,10H,2-4,8-9,11-12,17H2,1H3,(H,18,19). The molecule has 0 atom stereocenters. The summed E-state index contributed by atoms with van der Waals surface area (Å²) in [6.07, 6.45) is 8.34. The average molecular weight is 308 g/mol. The summed E-state index contributed by atoms with van der Waals surface area (Å²) in [6.45, 7) is 0.765. The summed E-state index contributed by atoms with van der Waals surface area (Å²) in [5.41, 5.74) is 6.31. The molecule has 2 rings (SSSR count). The van der Waals surface area contributed by atoms with E-state index in [1.165, 1.54) is 32.1 Å². The van der Waals surface area contributed by atoms with Crippen LogP contribution in [0.1, 0.15) is 32.1 Å². The third kappa shape index (κ3) is 4.84. The predicted octanol–water partition coefficient (Wildman–Crippen LogP) is 2.83. The van der Waals surface area contributed by atoms with Crippen molar-refractivity contribution in [2.24, 2.45) is 0 Å². The number of thioether (sulfide) groups is 1. The van der Waals surface area contributed by atoms with Crippen LogP contribution in [0.3, 0.4) is 0 Å². The zero-order chi connectivity index (χ0) is 15.1. The molecule has 1 fully saturated rings. The number of carbonyl (C=O) groups is 1. The molecular formula is C16H24N2O2S. The molecule has 1 saturated carbocycles. The van der Waals surface area contributed by atoms with E-state index in [-0.39, 0.29) is 17.3 Å². The van der Waals surface area contributed by atoms with Crippen LogP contribution in [0.4, 0.5) is 5.69 Å². The van der Waals surface area contributed by atoms with E-state index in [0.717, 1.165) is 6.54 Å². The Hall–Kier alpha value is -1.36. The maximum atomic E-state index is 11.9. The molecule has 0 spiro atoms. The van der Waals surface area contributed by atoms with Crippen LogP contribution in [0.2, 0.25) is 0 Å². The monoisotopic (exact) mass is 308 g/mol. The van der Waals surface area contributed by atoms with Gasteiger partial charge in [-0.1, -0.05) is 25.3 Å². The third-order valence-corrected chi connectivity index (χ3v) is 5.45. The number of nitrogens with two attached hydrogens (primary N) is 1. The topological polar surface area (TPSA) is 64.3 Å². The van der Waals surface area contributed by atoms with Crippen LogP contribution < -0.4 is 15.8 Å². The van der Waals surface area contributed by atoms with Crippen LogP contribution >= 0.6 is 11.8 Å². The van der Waals surface area contributed by atoms with Gasteiger partial charge < -0.3 is 15.8 Å². The largest absolute Gasteiger partial charge is 0.484 e. The van der Waals surface area contributed by atoms with Crippen molar-refractivity contribution in [1.29, 1.82) is 0 Å². The maximum Gasteiger partial charge on any atom is 0.257 e. The highest BCUT2D eigenvalue weighted by Crippen LogP contribution is 2.37. The van der Waals surface area contributed by atoms with Gasteiger partial charge in [-0.05, 0) is 31.2 Å². The fraction of sp³-hybridized carbons (Fsp3) is 0.562. The molecule has 5 heteroatoms. The molecule has 4 nitrogen and oxygen atoms in total. The van der Waals surface area contributed by atoms with Crippen molar-refractivity contribution in [2.75, 3.05) is 25.1 Å². The van der Waals surface area contributed by atoms with Gasteiger partial charge in [0.15, 0.2) is 6.61 Å². The molecule has 0 heterocycles. The van der Waals surface area contributed by atoms with E-state index in [1.54, 1.807) is 18.2 Å². The molecule has 1 aliphatic rings. The Bertz CT molecular complexity index is 473.